The SMILES string of the molecule is CC[C@@H](NC(=O)c1ccc(NC(C)=O)cc1)C(=O)OC. The highest BCUT2D eigenvalue weighted by Gasteiger charge is 2.19. The summed E-state index contributed by atoms with van der Waals surface area (Å²) in [5, 5.41) is 5.20. The van der Waals surface area contributed by atoms with Crippen LogP contribution < -0.4 is 10.6 Å². The number of hydrogen-bond donors (Lipinski definition) is 2. The van der Waals surface area contributed by atoms with Gasteiger partial charge in [-0.1, -0.05) is 6.92 Å². The monoisotopic (exact) mass is 278 g/mol. The summed E-state index contributed by atoms with van der Waals surface area (Å²) in [6.45, 7) is 3.19. The summed E-state index contributed by atoms with van der Waals surface area (Å²) < 4.78 is 4.60. The first-order valence-corrected chi connectivity index (χ1v) is 6.24. The van der Waals surface area contributed by atoms with Crippen LogP contribution in [0.1, 0.15) is 30.6 Å². The molecule has 2 N–H and O–H groups in total. The molecule has 1 aromatic carbocycles. The van der Waals surface area contributed by atoms with E-state index in [1.807, 2.05) is 0 Å². The minimum Gasteiger partial charge on any atom is -0.467 e. The molecular formula is C14H18N2O4. The fraction of sp³-hybridized carbons (Fsp3) is 0.357. The average Bonchev–Trinajstić information content (AvgIpc) is 2.43. The van der Waals surface area contributed by atoms with E-state index in [2.05, 4.69) is 15.4 Å². The number of nitrogens with one attached hydrogen (secondary N) is 2. The molecule has 0 aliphatic rings. The van der Waals surface area contributed by atoms with Crippen molar-refractivity contribution in [1.82, 2.24) is 5.32 Å². The normalized spacial score (nSPS) is 11.3. The van der Waals surface area contributed by atoms with Gasteiger partial charge in [0.05, 0.1) is 7.11 Å². The van der Waals surface area contributed by atoms with Gasteiger partial charge in [0.25, 0.3) is 5.91 Å². The van der Waals surface area contributed by atoms with Gasteiger partial charge in [0, 0.05) is 18.2 Å². The molecular weight excluding hydrogens is 260 g/mol. The Labute approximate surface area is 117 Å². The second-order valence-corrected chi connectivity index (χ2v) is 4.22. The van der Waals surface area contributed by atoms with Crippen molar-refractivity contribution in [2.45, 2.75) is 26.3 Å². The van der Waals surface area contributed by atoms with Crippen molar-refractivity contribution < 1.29 is 19.1 Å². The first kappa shape index (κ1) is 15.7. The molecule has 1 rings (SSSR count). The Hall–Kier alpha value is -2.37. The molecule has 0 saturated carbocycles. The Morgan fingerprint density at radius 2 is 1.80 bits per heavy atom. The fourth-order valence-corrected chi connectivity index (χ4v) is 1.62. The second-order valence-electron chi connectivity index (χ2n) is 4.22. The number of ether oxygens (including phenoxy) is 1. The van der Waals surface area contributed by atoms with Crippen LogP contribution in [0.25, 0.3) is 0 Å². The van der Waals surface area contributed by atoms with Crippen molar-refractivity contribution >= 4 is 23.5 Å². The minimum atomic E-state index is -0.664. The maximum absolute atomic E-state index is 12.0. The lowest BCUT2D eigenvalue weighted by atomic mass is 10.1. The number of amides is 2. The van der Waals surface area contributed by atoms with Gasteiger partial charge in [-0.3, -0.25) is 9.59 Å². The van der Waals surface area contributed by atoms with Crippen molar-refractivity contribution in [2.75, 3.05) is 12.4 Å². The predicted octanol–water partition coefficient (Wildman–Crippen LogP) is 1.33. The number of hydrogen-bond acceptors (Lipinski definition) is 4. The van der Waals surface area contributed by atoms with E-state index in [1.165, 1.54) is 14.0 Å². The van der Waals surface area contributed by atoms with Gasteiger partial charge in [-0.15, -0.1) is 0 Å². The van der Waals surface area contributed by atoms with Crippen molar-refractivity contribution in [3.8, 4) is 0 Å². The number of methoxy groups -OCH3 is 1. The molecule has 0 aromatic heterocycles. The molecule has 1 atom stereocenters. The molecule has 0 unspecified atom stereocenters. The van der Waals surface area contributed by atoms with Crippen LogP contribution in [0.15, 0.2) is 24.3 Å². The Balaban J connectivity index is 2.72. The summed E-state index contributed by atoms with van der Waals surface area (Å²) in [5.74, 6) is -1.02. The second kappa shape index (κ2) is 7.28. The average molecular weight is 278 g/mol. The zero-order chi connectivity index (χ0) is 15.1. The summed E-state index contributed by atoms with van der Waals surface area (Å²) in [6.07, 6.45) is 0.447. The molecule has 0 aliphatic carbocycles. The molecule has 0 bridgehead atoms. The van der Waals surface area contributed by atoms with Gasteiger partial charge in [-0.2, -0.15) is 0 Å². The predicted molar refractivity (Wildman–Crippen MR) is 74.3 cm³/mol. The maximum atomic E-state index is 12.0. The first-order valence-electron chi connectivity index (χ1n) is 6.24. The van der Waals surface area contributed by atoms with Gasteiger partial charge >= 0.3 is 5.97 Å². The van der Waals surface area contributed by atoms with Crippen LogP contribution in [0.2, 0.25) is 0 Å². The van der Waals surface area contributed by atoms with Gasteiger partial charge in [0.1, 0.15) is 6.04 Å². The van der Waals surface area contributed by atoms with Crippen LogP contribution in [0.5, 0.6) is 0 Å². The summed E-state index contributed by atoms with van der Waals surface area (Å²) in [4.78, 5) is 34.2. The number of benzene rings is 1. The first-order chi connectivity index (χ1) is 9.47. The molecule has 6 heteroatoms. The van der Waals surface area contributed by atoms with E-state index in [-0.39, 0.29) is 11.8 Å². The van der Waals surface area contributed by atoms with Gasteiger partial charge < -0.3 is 15.4 Å². The van der Waals surface area contributed by atoms with E-state index in [4.69, 9.17) is 0 Å². The molecule has 0 heterocycles. The molecule has 0 fully saturated rings. The van der Waals surface area contributed by atoms with Crippen LogP contribution in [0.3, 0.4) is 0 Å². The number of esters is 1. The smallest absolute Gasteiger partial charge is 0.328 e. The highest BCUT2D eigenvalue weighted by Crippen LogP contribution is 2.10. The summed E-state index contributed by atoms with van der Waals surface area (Å²) >= 11 is 0. The number of carbonyl (C=O) groups is 3. The number of carbonyl (C=O) groups excluding carboxylic acids is 3. The molecule has 1 aromatic rings. The third kappa shape index (κ3) is 4.38. The quantitative estimate of drug-likeness (QED) is 0.796. The molecule has 20 heavy (non-hydrogen) atoms. The van der Waals surface area contributed by atoms with Crippen LogP contribution in [0.4, 0.5) is 5.69 Å². The lowest BCUT2D eigenvalue weighted by Gasteiger charge is -2.14. The topological polar surface area (TPSA) is 84.5 Å². The number of anilines is 1. The van der Waals surface area contributed by atoms with E-state index in [1.54, 1.807) is 31.2 Å². The lowest BCUT2D eigenvalue weighted by molar-refractivity contribution is -0.142. The van der Waals surface area contributed by atoms with Gasteiger partial charge in [0.2, 0.25) is 5.91 Å². The van der Waals surface area contributed by atoms with Crippen molar-refractivity contribution in [3.63, 3.8) is 0 Å². The van der Waals surface area contributed by atoms with E-state index < -0.39 is 12.0 Å². The zero-order valence-corrected chi connectivity index (χ0v) is 11.7. The Morgan fingerprint density at radius 1 is 1.20 bits per heavy atom. The summed E-state index contributed by atoms with van der Waals surface area (Å²) in [7, 11) is 1.28. The molecule has 0 radical (unpaired) electrons. The molecule has 108 valence electrons. The molecule has 0 saturated heterocycles. The standard InChI is InChI=1S/C14H18N2O4/c1-4-12(14(19)20-3)16-13(18)10-5-7-11(8-6-10)15-9(2)17/h5-8,12H,4H2,1-3H3,(H,15,17)(H,16,18)/t12-/m1/s1. The maximum Gasteiger partial charge on any atom is 0.328 e. The van der Waals surface area contributed by atoms with E-state index in [9.17, 15) is 14.4 Å². The van der Waals surface area contributed by atoms with Crippen molar-refractivity contribution in [1.29, 1.82) is 0 Å². The lowest BCUT2D eigenvalue weighted by Crippen LogP contribution is -2.41. The molecule has 0 spiro atoms. The van der Waals surface area contributed by atoms with E-state index in [0.717, 1.165) is 0 Å². The zero-order valence-electron chi connectivity index (χ0n) is 11.7. The molecule has 2 amide bonds. The van der Waals surface area contributed by atoms with E-state index in [0.29, 0.717) is 17.7 Å². The van der Waals surface area contributed by atoms with Gasteiger partial charge in [-0.05, 0) is 30.7 Å². The highest BCUT2D eigenvalue weighted by molar-refractivity contribution is 5.97. The largest absolute Gasteiger partial charge is 0.467 e. The fourth-order valence-electron chi connectivity index (χ4n) is 1.62. The number of rotatable bonds is 5. The third-order valence-corrected chi connectivity index (χ3v) is 2.67. The van der Waals surface area contributed by atoms with Crippen molar-refractivity contribution in [3.05, 3.63) is 29.8 Å². The summed E-state index contributed by atoms with van der Waals surface area (Å²) in [5.41, 5.74) is 1.01. The van der Waals surface area contributed by atoms with Crippen molar-refractivity contribution in [2.24, 2.45) is 0 Å². The third-order valence-electron chi connectivity index (χ3n) is 2.67. The van der Waals surface area contributed by atoms with Crippen LogP contribution in [-0.4, -0.2) is 30.9 Å². The Kier molecular flexibility index (Phi) is 5.71. The Morgan fingerprint density at radius 3 is 2.25 bits per heavy atom. The van der Waals surface area contributed by atoms with E-state index >= 15 is 0 Å². The molecule has 0 aliphatic heterocycles. The molecule has 6 nitrogen and oxygen atoms in total. The highest BCUT2D eigenvalue weighted by atomic mass is 16.5. The van der Waals surface area contributed by atoms with Crippen LogP contribution in [0, 0.1) is 0 Å². The van der Waals surface area contributed by atoms with Crippen LogP contribution >= 0.6 is 0 Å². The minimum absolute atomic E-state index is 0.182. The summed E-state index contributed by atoms with van der Waals surface area (Å²) in [6, 6.07) is 5.72. The van der Waals surface area contributed by atoms with Gasteiger partial charge in [-0.25, -0.2) is 4.79 Å². The Bertz CT molecular complexity index is 496. The van der Waals surface area contributed by atoms with Gasteiger partial charge in [0.15, 0.2) is 0 Å². The van der Waals surface area contributed by atoms with Crippen LogP contribution in [-0.2, 0) is 14.3 Å².